The SMILES string of the molecule is CCC(=O)C(N)CCC(=O)NO. The van der Waals surface area contributed by atoms with Gasteiger partial charge in [0, 0.05) is 12.8 Å². The van der Waals surface area contributed by atoms with Gasteiger partial charge in [-0.25, -0.2) is 5.48 Å². The Balaban J connectivity index is 3.63. The zero-order valence-electron chi connectivity index (χ0n) is 7.04. The highest BCUT2D eigenvalue weighted by Gasteiger charge is 2.12. The summed E-state index contributed by atoms with van der Waals surface area (Å²) in [4.78, 5) is 21.4. The highest BCUT2D eigenvalue weighted by atomic mass is 16.5. The van der Waals surface area contributed by atoms with E-state index in [9.17, 15) is 9.59 Å². The molecule has 5 nitrogen and oxygen atoms in total. The van der Waals surface area contributed by atoms with E-state index in [0.717, 1.165) is 0 Å². The number of ketones is 1. The van der Waals surface area contributed by atoms with Gasteiger partial charge in [0.05, 0.1) is 6.04 Å². The maximum atomic E-state index is 10.9. The van der Waals surface area contributed by atoms with Crippen molar-refractivity contribution in [2.75, 3.05) is 0 Å². The van der Waals surface area contributed by atoms with E-state index in [2.05, 4.69) is 0 Å². The third kappa shape index (κ3) is 4.05. The van der Waals surface area contributed by atoms with Gasteiger partial charge in [-0.3, -0.25) is 14.8 Å². The number of hydrogen-bond donors (Lipinski definition) is 3. The first-order valence-electron chi connectivity index (χ1n) is 3.83. The molecule has 0 aliphatic rings. The summed E-state index contributed by atoms with van der Waals surface area (Å²) >= 11 is 0. The Morgan fingerprint density at radius 1 is 1.58 bits per heavy atom. The van der Waals surface area contributed by atoms with E-state index in [-0.39, 0.29) is 18.6 Å². The number of amides is 1. The Hall–Kier alpha value is -0.940. The van der Waals surface area contributed by atoms with Crippen LogP contribution in [0.25, 0.3) is 0 Å². The summed E-state index contributed by atoms with van der Waals surface area (Å²) < 4.78 is 0. The standard InChI is InChI=1S/C7H14N2O3/c1-2-6(10)5(8)3-4-7(11)9-12/h5,12H,2-4,8H2,1H3,(H,9,11). The van der Waals surface area contributed by atoms with Gasteiger partial charge < -0.3 is 5.73 Å². The second-order valence-corrected chi connectivity index (χ2v) is 2.50. The van der Waals surface area contributed by atoms with Crippen LogP contribution >= 0.6 is 0 Å². The number of carbonyl (C=O) groups is 2. The van der Waals surface area contributed by atoms with E-state index >= 15 is 0 Å². The summed E-state index contributed by atoms with van der Waals surface area (Å²) in [7, 11) is 0. The van der Waals surface area contributed by atoms with E-state index in [4.69, 9.17) is 10.9 Å². The van der Waals surface area contributed by atoms with E-state index in [1.807, 2.05) is 0 Å². The summed E-state index contributed by atoms with van der Waals surface area (Å²) in [5.74, 6) is -0.588. The zero-order chi connectivity index (χ0) is 9.56. The molecule has 1 unspecified atom stereocenters. The summed E-state index contributed by atoms with van der Waals surface area (Å²) in [6, 6.07) is -0.590. The van der Waals surface area contributed by atoms with Crippen LogP contribution in [0.5, 0.6) is 0 Å². The van der Waals surface area contributed by atoms with Gasteiger partial charge in [0.1, 0.15) is 5.78 Å². The number of nitrogens with one attached hydrogen (secondary N) is 1. The number of carbonyl (C=O) groups excluding carboxylic acids is 2. The van der Waals surface area contributed by atoms with Crippen molar-refractivity contribution >= 4 is 11.7 Å². The lowest BCUT2D eigenvalue weighted by molar-refractivity contribution is -0.129. The Kier molecular flexibility index (Phi) is 5.23. The van der Waals surface area contributed by atoms with Crippen LogP contribution in [-0.2, 0) is 9.59 Å². The minimum absolute atomic E-state index is 0.0688. The average molecular weight is 174 g/mol. The molecule has 0 rings (SSSR count). The molecule has 0 aromatic heterocycles. The monoisotopic (exact) mass is 174 g/mol. The summed E-state index contributed by atoms with van der Waals surface area (Å²) in [5, 5.41) is 8.12. The fourth-order valence-electron chi connectivity index (χ4n) is 0.766. The fraction of sp³-hybridized carbons (Fsp3) is 0.714. The van der Waals surface area contributed by atoms with Crippen LogP contribution in [0, 0.1) is 0 Å². The van der Waals surface area contributed by atoms with Crippen molar-refractivity contribution in [3.05, 3.63) is 0 Å². The average Bonchev–Trinajstić information content (AvgIpc) is 2.11. The third-order valence-electron chi connectivity index (χ3n) is 1.57. The molecule has 70 valence electrons. The van der Waals surface area contributed by atoms with Crippen LogP contribution in [0.4, 0.5) is 0 Å². The summed E-state index contributed by atoms with van der Waals surface area (Å²) in [6.07, 6.45) is 0.727. The van der Waals surface area contributed by atoms with Crippen molar-refractivity contribution < 1.29 is 14.8 Å². The summed E-state index contributed by atoms with van der Waals surface area (Å²) in [6.45, 7) is 1.72. The van der Waals surface area contributed by atoms with Gasteiger partial charge in [-0.15, -0.1) is 0 Å². The van der Waals surface area contributed by atoms with Crippen LogP contribution in [0.1, 0.15) is 26.2 Å². The molecule has 0 fully saturated rings. The molecule has 0 radical (unpaired) electrons. The fourth-order valence-corrected chi connectivity index (χ4v) is 0.766. The predicted molar refractivity (Wildman–Crippen MR) is 42.4 cm³/mol. The van der Waals surface area contributed by atoms with E-state index < -0.39 is 11.9 Å². The third-order valence-corrected chi connectivity index (χ3v) is 1.57. The lowest BCUT2D eigenvalue weighted by Gasteiger charge is -2.07. The Labute approximate surface area is 70.9 Å². The first kappa shape index (κ1) is 11.1. The molecule has 0 aliphatic carbocycles. The maximum Gasteiger partial charge on any atom is 0.243 e. The number of Topliss-reactive ketones (excluding diaryl/α,β-unsaturated/α-hetero) is 1. The van der Waals surface area contributed by atoms with Crippen molar-refractivity contribution in [3.63, 3.8) is 0 Å². The molecule has 0 bridgehead atoms. The van der Waals surface area contributed by atoms with Crippen molar-refractivity contribution in [2.24, 2.45) is 5.73 Å². The van der Waals surface area contributed by atoms with Crippen molar-refractivity contribution in [1.29, 1.82) is 0 Å². The number of hydroxylamine groups is 1. The molecule has 0 spiro atoms. The van der Waals surface area contributed by atoms with Crippen LogP contribution in [0.15, 0.2) is 0 Å². The molecule has 0 saturated carbocycles. The molecule has 1 amide bonds. The smallest absolute Gasteiger partial charge is 0.243 e. The second-order valence-electron chi connectivity index (χ2n) is 2.50. The zero-order valence-corrected chi connectivity index (χ0v) is 7.04. The topological polar surface area (TPSA) is 92.4 Å². The molecule has 0 aromatic carbocycles. The van der Waals surface area contributed by atoms with Crippen molar-refractivity contribution in [3.8, 4) is 0 Å². The molecular weight excluding hydrogens is 160 g/mol. The number of hydrogen-bond acceptors (Lipinski definition) is 4. The highest BCUT2D eigenvalue weighted by molar-refractivity contribution is 5.84. The lowest BCUT2D eigenvalue weighted by Crippen LogP contribution is -2.31. The van der Waals surface area contributed by atoms with E-state index in [0.29, 0.717) is 6.42 Å². The first-order valence-corrected chi connectivity index (χ1v) is 3.83. The molecule has 0 aliphatic heterocycles. The molecule has 4 N–H and O–H groups in total. The molecule has 12 heavy (non-hydrogen) atoms. The molecule has 0 aromatic rings. The van der Waals surface area contributed by atoms with Gasteiger partial charge in [0.25, 0.3) is 0 Å². The van der Waals surface area contributed by atoms with Crippen molar-refractivity contribution in [1.82, 2.24) is 5.48 Å². The van der Waals surface area contributed by atoms with E-state index in [1.165, 1.54) is 5.48 Å². The second kappa shape index (κ2) is 5.68. The van der Waals surface area contributed by atoms with Crippen LogP contribution in [-0.4, -0.2) is 22.9 Å². The van der Waals surface area contributed by atoms with Crippen LogP contribution in [0.2, 0.25) is 0 Å². The summed E-state index contributed by atoms with van der Waals surface area (Å²) in [5.41, 5.74) is 6.89. The maximum absolute atomic E-state index is 10.9. The van der Waals surface area contributed by atoms with Gasteiger partial charge in [-0.05, 0) is 6.42 Å². The molecular formula is C7H14N2O3. The minimum atomic E-state index is -0.590. The lowest BCUT2D eigenvalue weighted by atomic mass is 10.1. The Morgan fingerprint density at radius 3 is 2.58 bits per heavy atom. The van der Waals surface area contributed by atoms with E-state index in [1.54, 1.807) is 6.92 Å². The van der Waals surface area contributed by atoms with Gasteiger partial charge in [-0.1, -0.05) is 6.92 Å². The quantitative estimate of drug-likeness (QED) is 0.390. The predicted octanol–water partition coefficient (Wildman–Crippen LogP) is -0.422. The number of rotatable bonds is 5. The molecule has 0 saturated heterocycles. The van der Waals surface area contributed by atoms with Crippen molar-refractivity contribution in [2.45, 2.75) is 32.2 Å². The molecule has 0 heterocycles. The normalized spacial score (nSPS) is 12.2. The van der Waals surface area contributed by atoms with Gasteiger partial charge in [0.15, 0.2) is 0 Å². The molecule has 5 heteroatoms. The molecule has 1 atom stereocenters. The largest absolute Gasteiger partial charge is 0.321 e. The van der Waals surface area contributed by atoms with Crippen LogP contribution in [0.3, 0.4) is 0 Å². The van der Waals surface area contributed by atoms with Gasteiger partial charge in [-0.2, -0.15) is 0 Å². The van der Waals surface area contributed by atoms with Gasteiger partial charge >= 0.3 is 0 Å². The Bertz CT molecular complexity index is 170. The first-order chi connectivity index (χ1) is 5.61. The minimum Gasteiger partial charge on any atom is -0.321 e. The Morgan fingerprint density at radius 2 is 2.17 bits per heavy atom. The van der Waals surface area contributed by atoms with Crippen LogP contribution < -0.4 is 11.2 Å². The number of nitrogens with two attached hydrogens (primary N) is 1. The highest BCUT2D eigenvalue weighted by Crippen LogP contribution is 1.97. The van der Waals surface area contributed by atoms with Gasteiger partial charge in [0.2, 0.25) is 5.91 Å².